The number of hydrogen-bond donors (Lipinski definition) is 0. The molecule has 1 aromatic heterocycles. The lowest BCUT2D eigenvalue weighted by Gasteiger charge is -2.09. The lowest BCUT2D eigenvalue weighted by molar-refractivity contribution is 0.217. The van der Waals surface area contributed by atoms with Crippen molar-refractivity contribution in [3.8, 4) is 29.2 Å². The number of aromatic nitrogens is 1. The van der Waals surface area contributed by atoms with Crippen LogP contribution in [0, 0.1) is 11.3 Å². The SMILES string of the molecule is N#Cc1ccc(OCCOc2ccc(Oc3ccccn3)cc2)cc1. The van der Waals surface area contributed by atoms with E-state index in [1.54, 1.807) is 36.5 Å². The molecule has 0 aliphatic carbocycles. The van der Waals surface area contributed by atoms with Crippen molar-refractivity contribution in [1.29, 1.82) is 5.26 Å². The Morgan fingerprint density at radius 3 is 1.92 bits per heavy atom. The highest BCUT2D eigenvalue weighted by Gasteiger charge is 2.00. The average molecular weight is 332 g/mol. The van der Waals surface area contributed by atoms with Crippen LogP contribution >= 0.6 is 0 Å². The van der Waals surface area contributed by atoms with Crippen molar-refractivity contribution < 1.29 is 14.2 Å². The highest BCUT2D eigenvalue weighted by atomic mass is 16.5. The molecule has 0 aliphatic rings. The normalized spacial score (nSPS) is 9.88. The van der Waals surface area contributed by atoms with Gasteiger partial charge < -0.3 is 14.2 Å². The molecule has 1 heterocycles. The molecule has 3 rings (SSSR count). The van der Waals surface area contributed by atoms with E-state index < -0.39 is 0 Å². The van der Waals surface area contributed by atoms with Crippen LogP contribution in [0.4, 0.5) is 0 Å². The Balaban J connectivity index is 1.43. The molecular formula is C20H16N2O3. The maximum atomic E-state index is 8.75. The van der Waals surface area contributed by atoms with Crippen LogP contribution in [0.25, 0.3) is 0 Å². The predicted molar refractivity (Wildman–Crippen MR) is 92.9 cm³/mol. The van der Waals surface area contributed by atoms with Gasteiger partial charge in [0.1, 0.15) is 30.5 Å². The standard InChI is InChI=1S/C20H16N2O3/c21-15-16-4-6-17(7-5-16)23-13-14-24-18-8-10-19(11-9-18)25-20-3-1-2-12-22-20/h1-12H,13-14H2. The van der Waals surface area contributed by atoms with E-state index in [1.807, 2.05) is 36.4 Å². The lowest BCUT2D eigenvalue weighted by Crippen LogP contribution is -2.08. The first-order valence-electron chi connectivity index (χ1n) is 7.78. The predicted octanol–water partition coefficient (Wildman–Crippen LogP) is 4.20. The summed E-state index contributed by atoms with van der Waals surface area (Å²) in [6.45, 7) is 0.832. The van der Waals surface area contributed by atoms with E-state index in [0.717, 1.165) is 5.75 Å². The van der Waals surface area contributed by atoms with Crippen LogP contribution in [-0.4, -0.2) is 18.2 Å². The summed E-state index contributed by atoms with van der Waals surface area (Å²) < 4.78 is 16.8. The van der Waals surface area contributed by atoms with Crippen molar-refractivity contribution in [2.24, 2.45) is 0 Å². The monoisotopic (exact) mass is 332 g/mol. The Labute approximate surface area is 146 Å². The van der Waals surface area contributed by atoms with Gasteiger partial charge in [-0.3, -0.25) is 0 Å². The molecule has 0 unspecified atom stereocenters. The number of nitrogens with zero attached hydrogens (tertiary/aromatic N) is 2. The second kappa shape index (κ2) is 8.37. The maximum absolute atomic E-state index is 8.75. The number of ether oxygens (including phenoxy) is 3. The minimum Gasteiger partial charge on any atom is -0.490 e. The highest BCUT2D eigenvalue weighted by molar-refractivity contribution is 5.35. The fourth-order valence-electron chi connectivity index (χ4n) is 2.08. The van der Waals surface area contributed by atoms with Crippen LogP contribution in [-0.2, 0) is 0 Å². The number of hydrogen-bond acceptors (Lipinski definition) is 5. The molecule has 0 spiro atoms. The fraction of sp³-hybridized carbons (Fsp3) is 0.100. The number of nitriles is 1. The highest BCUT2D eigenvalue weighted by Crippen LogP contribution is 2.22. The summed E-state index contributed by atoms with van der Waals surface area (Å²) in [7, 11) is 0. The van der Waals surface area contributed by atoms with Crippen molar-refractivity contribution in [2.75, 3.05) is 13.2 Å². The van der Waals surface area contributed by atoms with Crippen LogP contribution < -0.4 is 14.2 Å². The summed E-state index contributed by atoms with van der Waals surface area (Å²) in [5.74, 6) is 2.69. The minimum absolute atomic E-state index is 0.415. The van der Waals surface area contributed by atoms with Crippen LogP contribution in [0.15, 0.2) is 72.9 Å². The van der Waals surface area contributed by atoms with Gasteiger partial charge in [0, 0.05) is 12.3 Å². The molecule has 2 aromatic carbocycles. The van der Waals surface area contributed by atoms with Crippen molar-refractivity contribution in [2.45, 2.75) is 0 Å². The molecule has 0 saturated carbocycles. The van der Waals surface area contributed by atoms with E-state index in [2.05, 4.69) is 11.1 Å². The molecule has 0 amide bonds. The third kappa shape index (κ3) is 4.98. The van der Waals surface area contributed by atoms with Crippen molar-refractivity contribution in [3.63, 3.8) is 0 Å². The molecule has 0 aliphatic heterocycles. The van der Waals surface area contributed by atoms with Crippen LogP contribution in [0.5, 0.6) is 23.1 Å². The minimum atomic E-state index is 0.415. The molecule has 0 bridgehead atoms. The first-order chi connectivity index (χ1) is 12.3. The molecule has 124 valence electrons. The van der Waals surface area contributed by atoms with E-state index in [9.17, 15) is 0 Å². The van der Waals surface area contributed by atoms with Crippen LogP contribution in [0.3, 0.4) is 0 Å². The van der Waals surface area contributed by atoms with Gasteiger partial charge in [-0.15, -0.1) is 0 Å². The Bertz CT molecular complexity index is 826. The maximum Gasteiger partial charge on any atom is 0.219 e. The Morgan fingerprint density at radius 2 is 1.36 bits per heavy atom. The second-order valence-corrected chi connectivity index (χ2v) is 5.07. The molecular weight excluding hydrogens is 316 g/mol. The largest absolute Gasteiger partial charge is 0.490 e. The summed E-state index contributed by atoms with van der Waals surface area (Å²) in [5, 5.41) is 8.75. The first kappa shape index (κ1) is 16.3. The number of rotatable bonds is 7. The second-order valence-electron chi connectivity index (χ2n) is 5.07. The van der Waals surface area contributed by atoms with Gasteiger partial charge in [0.05, 0.1) is 11.6 Å². The van der Waals surface area contributed by atoms with Crippen molar-refractivity contribution in [1.82, 2.24) is 4.98 Å². The molecule has 0 N–H and O–H groups in total. The van der Waals surface area contributed by atoms with Crippen LogP contribution in [0.1, 0.15) is 5.56 Å². The number of pyridine rings is 1. The molecule has 3 aromatic rings. The summed E-state index contributed by atoms with van der Waals surface area (Å²) in [6, 6.07) is 21.9. The molecule has 25 heavy (non-hydrogen) atoms. The third-order valence-corrected chi connectivity index (χ3v) is 3.29. The average Bonchev–Trinajstić information content (AvgIpc) is 2.68. The zero-order valence-electron chi connectivity index (χ0n) is 13.5. The van der Waals surface area contributed by atoms with Gasteiger partial charge >= 0.3 is 0 Å². The summed E-state index contributed by atoms with van der Waals surface area (Å²) >= 11 is 0. The van der Waals surface area contributed by atoms with E-state index in [1.165, 1.54) is 0 Å². The van der Waals surface area contributed by atoms with Crippen LogP contribution in [0.2, 0.25) is 0 Å². The van der Waals surface area contributed by atoms with E-state index >= 15 is 0 Å². The fourth-order valence-corrected chi connectivity index (χ4v) is 2.08. The summed E-state index contributed by atoms with van der Waals surface area (Å²) in [4.78, 5) is 4.11. The van der Waals surface area contributed by atoms with Gasteiger partial charge in [0.2, 0.25) is 5.88 Å². The molecule has 5 heteroatoms. The molecule has 5 nitrogen and oxygen atoms in total. The quantitative estimate of drug-likeness (QED) is 0.607. The van der Waals surface area contributed by atoms with E-state index in [4.69, 9.17) is 19.5 Å². The van der Waals surface area contributed by atoms with Gasteiger partial charge in [-0.05, 0) is 54.6 Å². The van der Waals surface area contributed by atoms with E-state index in [-0.39, 0.29) is 0 Å². The van der Waals surface area contributed by atoms with Gasteiger partial charge in [-0.1, -0.05) is 6.07 Å². The first-order valence-corrected chi connectivity index (χ1v) is 7.78. The zero-order valence-corrected chi connectivity index (χ0v) is 13.5. The lowest BCUT2D eigenvalue weighted by atomic mass is 10.2. The number of benzene rings is 2. The third-order valence-electron chi connectivity index (χ3n) is 3.29. The van der Waals surface area contributed by atoms with Crippen molar-refractivity contribution in [3.05, 3.63) is 78.5 Å². The topological polar surface area (TPSA) is 64.4 Å². The van der Waals surface area contributed by atoms with Crippen molar-refractivity contribution >= 4 is 0 Å². The van der Waals surface area contributed by atoms with Gasteiger partial charge in [-0.25, -0.2) is 4.98 Å². The molecule has 0 fully saturated rings. The summed E-state index contributed by atoms with van der Waals surface area (Å²) in [6.07, 6.45) is 1.68. The molecule has 0 radical (unpaired) electrons. The van der Waals surface area contributed by atoms with Gasteiger partial charge in [0.15, 0.2) is 0 Å². The van der Waals surface area contributed by atoms with Gasteiger partial charge in [-0.2, -0.15) is 5.26 Å². The Hall–Kier alpha value is -3.52. The Morgan fingerprint density at radius 1 is 0.760 bits per heavy atom. The Kier molecular flexibility index (Phi) is 5.47. The van der Waals surface area contributed by atoms with Gasteiger partial charge in [0.25, 0.3) is 0 Å². The molecule has 0 saturated heterocycles. The summed E-state index contributed by atoms with van der Waals surface area (Å²) in [5.41, 5.74) is 0.608. The van der Waals surface area contributed by atoms with E-state index in [0.29, 0.717) is 36.2 Å². The zero-order chi connectivity index (χ0) is 17.3. The molecule has 0 atom stereocenters. The smallest absolute Gasteiger partial charge is 0.219 e.